The van der Waals surface area contributed by atoms with Gasteiger partial charge in [-0.15, -0.1) is 0 Å². The summed E-state index contributed by atoms with van der Waals surface area (Å²) in [6.07, 6.45) is 0. The lowest BCUT2D eigenvalue weighted by atomic mass is 10.1. The molecule has 0 aromatic heterocycles. The van der Waals surface area contributed by atoms with Gasteiger partial charge in [0.15, 0.2) is 0 Å². The van der Waals surface area contributed by atoms with Crippen molar-refractivity contribution in [1.82, 2.24) is 0 Å². The van der Waals surface area contributed by atoms with E-state index in [-0.39, 0.29) is 5.54 Å². The van der Waals surface area contributed by atoms with E-state index in [1.807, 2.05) is 0 Å². The van der Waals surface area contributed by atoms with Gasteiger partial charge in [0.1, 0.15) is 5.82 Å². The highest BCUT2D eigenvalue weighted by atomic mass is 15.4. The Morgan fingerprint density at radius 1 is 1.07 bits per heavy atom. The highest BCUT2D eigenvalue weighted by Gasteiger charge is 2.34. The van der Waals surface area contributed by atoms with Gasteiger partial charge in [0.2, 0.25) is 0 Å². The summed E-state index contributed by atoms with van der Waals surface area (Å²) in [5.74, 6) is 1.05. The molecule has 0 amide bonds. The maximum Gasteiger partial charge on any atom is 0.106 e. The summed E-state index contributed by atoms with van der Waals surface area (Å²) in [5, 5.41) is 0. The normalized spacial score (nSPS) is 15.9. The molecule has 1 heterocycles. The number of anilines is 2. The van der Waals surface area contributed by atoms with E-state index in [1.165, 1.54) is 11.4 Å². The predicted molar refractivity (Wildman–Crippen MR) is 66.2 cm³/mol. The standard InChI is InChI=1S/C13H18N2/c1-10-14(5)11-8-6-7-9-12(11)15(10)13(2,3)4/h6-9H,1H2,2-5H3. The maximum absolute atomic E-state index is 4.15. The van der Waals surface area contributed by atoms with Crippen LogP contribution < -0.4 is 9.80 Å². The van der Waals surface area contributed by atoms with Crippen molar-refractivity contribution in [3.63, 3.8) is 0 Å². The molecule has 2 heteroatoms. The van der Waals surface area contributed by atoms with Gasteiger partial charge in [0, 0.05) is 12.6 Å². The van der Waals surface area contributed by atoms with Crippen LogP contribution in [0.5, 0.6) is 0 Å². The Labute approximate surface area is 91.8 Å². The van der Waals surface area contributed by atoms with Gasteiger partial charge >= 0.3 is 0 Å². The molecule has 0 atom stereocenters. The fourth-order valence-corrected chi connectivity index (χ4v) is 2.11. The van der Waals surface area contributed by atoms with E-state index >= 15 is 0 Å². The van der Waals surface area contributed by atoms with Crippen LogP contribution in [0.4, 0.5) is 11.4 Å². The molecule has 0 N–H and O–H groups in total. The molecular weight excluding hydrogens is 184 g/mol. The SMILES string of the molecule is C=C1N(C)c2ccccc2N1C(C)(C)C. The molecule has 0 spiro atoms. The molecule has 0 bridgehead atoms. The van der Waals surface area contributed by atoms with Crippen molar-refractivity contribution in [2.24, 2.45) is 0 Å². The number of rotatable bonds is 0. The second kappa shape index (κ2) is 3.02. The maximum atomic E-state index is 4.15. The number of nitrogens with zero attached hydrogens (tertiary/aromatic N) is 2. The third-order valence-corrected chi connectivity index (χ3v) is 2.80. The molecule has 2 nitrogen and oxygen atoms in total. The Balaban J connectivity index is 2.57. The lowest BCUT2D eigenvalue weighted by Gasteiger charge is -2.35. The molecule has 0 saturated heterocycles. The average molecular weight is 202 g/mol. The van der Waals surface area contributed by atoms with Gasteiger partial charge in [-0.25, -0.2) is 0 Å². The van der Waals surface area contributed by atoms with E-state index < -0.39 is 0 Å². The Morgan fingerprint density at radius 2 is 1.60 bits per heavy atom. The number of hydrogen-bond donors (Lipinski definition) is 0. The van der Waals surface area contributed by atoms with E-state index in [0.717, 1.165) is 5.82 Å². The third kappa shape index (κ3) is 1.41. The van der Waals surface area contributed by atoms with Gasteiger partial charge in [-0.1, -0.05) is 18.7 Å². The summed E-state index contributed by atoms with van der Waals surface area (Å²) < 4.78 is 0. The van der Waals surface area contributed by atoms with E-state index in [1.54, 1.807) is 0 Å². The van der Waals surface area contributed by atoms with Crippen LogP contribution in [0, 0.1) is 0 Å². The number of fused-ring (bicyclic) bond motifs is 1. The van der Waals surface area contributed by atoms with Crippen LogP contribution in [-0.4, -0.2) is 12.6 Å². The number of benzene rings is 1. The first-order valence-corrected chi connectivity index (χ1v) is 5.25. The average Bonchev–Trinajstić information content (AvgIpc) is 2.39. The highest BCUT2D eigenvalue weighted by molar-refractivity contribution is 5.82. The zero-order chi connectivity index (χ0) is 11.2. The summed E-state index contributed by atoms with van der Waals surface area (Å²) >= 11 is 0. The van der Waals surface area contributed by atoms with Crippen molar-refractivity contribution < 1.29 is 0 Å². The first-order valence-electron chi connectivity index (χ1n) is 5.25. The number of para-hydroxylation sites is 2. The first-order chi connectivity index (χ1) is 6.93. The summed E-state index contributed by atoms with van der Waals surface area (Å²) in [4.78, 5) is 4.42. The predicted octanol–water partition coefficient (Wildman–Crippen LogP) is 3.21. The second-order valence-corrected chi connectivity index (χ2v) is 4.97. The Bertz CT molecular complexity index is 401. The first kappa shape index (κ1) is 10.1. The topological polar surface area (TPSA) is 6.48 Å². The lowest BCUT2D eigenvalue weighted by Crippen LogP contribution is -2.40. The molecule has 0 radical (unpaired) electrons. The van der Waals surface area contributed by atoms with E-state index in [4.69, 9.17) is 0 Å². The largest absolute Gasteiger partial charge is 0.330 e. The van der Waals surface area contributed by atoms with E-state index in [0.29, 0.717) is 0 Å². The van der Waals surface area contributed by atoms with Crippen LogP contribution >= 0.6 is 0 Å². The third-order valence-electron chi connectivity index (χ3n) is 2.80. The molecule has 2 rings (SSSR count). The van der Waals surface area contributed by atoms with E-state index in [9.17, 15) is 0 Å². The zero-order valence-electron chi connectivity index (χ0n) is 9.91. The van der Waals surface area contributed by atoms with Crippen molar-refractivity contribution in [3.8, 4) is 0 Å². The smallest absolute Gasteiger partial charge is 0.106 e. The van der Waals surface area contributed by atoms with Crippen LogP contribution in [0.25, 0.3) is 0 Å². The van der Waals surface area contributed by atoms with Crippen LogP contribution in [-0.2, 0) is 0 Å². The van der Waals surface area contributed by atoms with Gasteiger partial charge in [0.25, 0.3) is 0 Å². The Morgan fingerprint density at radius 3 is 2.13 bits per heavy atom. The molecule has 1 aromatic rings. The minimum Gasteiger partial charge on any atom is -0.330 e. The molecule has 80 valence electrons. The van der Waals surface area contributed by atoms with Gasteiger partial charge < -0.3 is 9.80 Å². The van der Waals surface area contributed by atoms with Crippen LogP contribution in [0.3, 0.4) is 0 Å². The van der Waals surface area contributed by atoms with Crippen molar-refractivity contribution in [1.29, 1.82) is 0 Å². The quantitative estimate of drug-likeness (QED) is 0.637. The fraction of sp³-hybridized carbons (Fsp3) is 0.385. The molecular formula is C13H18N2. The zero-order valence-corrected chi connectivity index (χ0v) is 9.91. The summed E-state index contributed by atoms with van der Waals surface area (Å²) in [6, 6.07) is 8.42. The van der Waals surface area contributed by atoms with Crippen molar-refractivity contribution in [2.45, 2.75) is 26.3 Å². The van der Waals surface area contributed by atoms with Crippen molar-refractivity contribution in [2.75, 3.05) is 16.8 Å². The van der Waals surface area contributed by atoms with Gasteiger partial charge in [-0.3, -0.25) is 0 Å². The molecule has 0 unspecified atom stereocenters. The van der Waals surface area contributed by atoms with Crippen molar-refractivity contribution in [3.05, 3.63) is 36.7 Å². The van der Waals surface area contributed by atoms with Crippen LogP contribution in [0.2, 0.25) is 0 Å². The molecule has 1 aromatic carbocycles. The van der Waals surface area contributed by atoms with Gasteiger partial charge in [0.05, 0.1) is 11.4 Å². The van der Waals surface area contributed by atoms with Crippen molar-refractivity contribution >= 4 is 11.4 Å². The molecule has 15 heavy (non-hydrogen) atoms. The second-order valence-electron chi connectivity index (χ2n) is 4.97. The molecule has 0 aliphatic carbocycles. The molecule has 0 fully saturated rings. The Kier molecular flexibility index (Phi) is 2.03. The van der Waals surface area contributed by atoms with Gasteiger partial charge in [-0.05, 0) is 32.9 Å². The summed E-state index contributed by atoms with van der Waals surface area (Å²) in [7, 11) is 2.06. The minimum atomic E-state index is 0.0674. The molecule has 1 aliphatic rings. The lowest BCUT2D eigenvalue weighted by molar-refractivity contribution is 0.545. The fourth-order valence-electron chi connectivity index (χ4n) is 2.11. The molecule has 1 aliphatic heterocycles. The van der Waals surface area contributed by atoms with E-state index in [2.05, 4.69) is 68.5 Å². The van der Waals surface area contributed by atoms with Crippen LogP contribution in [0.15, 0.2) is 36.7 Å². The summed E-state index contributed by atoms with van der Waals surface area (Å²) in [5.41, 5.74) is 2.55. The van der Waals surface area contributed by atoms with Crippen LogP contribution in [0.1, 0.15) is 20.8 Å². The minimum absolute atomic E-state index is 0.0674. The van der Waals surface area contributed by atoms with Gasteiger partial charge in [-0.2, -0.15) is 0 Å². The number of hydrogen-bond acceptors (Lipinski definition) is 2. The Hall–Kier alpha value is -1.44. The molecule has 0 saturated carbocycles. The monoisotopic (exact) mass is 202 g/mol. The summed E-state index contributed by atoms with van der Waals surface area (Å²) in [6.45, 7) is 10.8. The highest BCUT2D eigenvalue weighted by Crippen LogP contribution is 2.43.